The molecule has 4 heteroatoms. The molecule has 0 aliphatic carbocycles. The van der Waals surface area contributed by atoms with Gasteiger partial charge in [-0.3, -0.25) is 0 Å². The molecule has 1 fully saturated rings. The van der Waals surface area contributed by atoms with Crippen LogP contribution in [0.25, 0.3) is 0 Å². The van der Waals surface area contributed by atoms with Gasteiger partial charge in [0.2, 0.25) is 0 Å². The van der Waals surface area contributed by atoms with E-state index >= 15 is 0 Å². The summed E-state index contributed by atoms with van der Waals surface area (Å²) in [6.45, 7) is 3.53. The second-order valence-corrected chi connectivity index (χ2v) is 4.47. The first-order valence-electron chi connectivity index (χ1n) is 4.63. The number of benzene rings is 1. The molecule has 1 aromatic carbocycles. The van der Waals surface area contributed by atoms with Crippen LogP contribution < -0.4 is 4.52 Å². The third-order valence-electron chi connectivity index (χ3n) is 1.85. The van der Waals surface area contributed by atoms with Gasteiger partial charge in [-0.1, -0.05) is 25.1 Å². The minimum Gasteiger partial charge on any atom is -0.427 e. The Morgan fingerprint density at radius 3 is 2.50 bits per heavy atom. The maximum Gasteiger partial charge on any atom is 0.397 e. The van der Waals surface area contributed by atoms with Gasteiger partial charge in [-0.05, 0) is 12.1 Å². The zero-order chi connectivity index (χ0) is 9.80. The smallest absolute Gasteiger partial charge is 0.397 e. The summed E-state index contributed by atoms with van der Waals surface area (Å²) >= 11 is 0. The molecule has 0 bridgehead atoms. The van der Waals surface area contributed by atoms with Gasteiger partial charge in [-0.15, -0.1) is 0 Å². The Kier molecular flexibility index (Phi) is 3.35. The molecule has 14 heavy (non-hydrogen) atoms. The molecule has 0 amide bonds. The van der Waals surface area contributed by atoms with Crippen LogP contribution in [0.15, 0.2) is 30.3 Å². The number of hydrogen-bond acceptors (Lipinski definition) is 3. The van der Waals surface area contributed by atoms with Gasteiger partial charge in [0.1, 0.15) is 5.75 Å². The van der Waals surface area contributed by atoms with Crippen LogP contribution in [0.5, 0.6) is 5.75 Å². The molecule has 76 valence electrons. The Morgan fingerprint density at radius 2 is 1.86 bits per heavy atom. The molecule has 1 aliphatic rings. The highest BCUT2D eigenvalue weighted by Gasteiger charge is 2.22. The molecule has 0 radical (unpaired) electrons. The van der Waals surface area contributed by atoms with E-state index in [9.17, 15) is 0 Å². The Hall–Kier alpha value is -0.630. The van der Waals surface area contributed by atoms with Crippen LogP contribution in [-0.4, -0.2) is 13.2 Å². The van der Waals surface area contributed by atoms with Crippen molar-refractivity contribution in [1.29, 1.82) is 0 Å². The molecule has 1 saturated heterocycles. The van der Waals surface area contributed by atoms with Gasteiger partial charge in [0, 0.05) is 5.92 Å². The summed E-state index contributed by atoms with van der Waals surface area (Å²) in [5.74, 6) is 1.27. The Balaban J connectivity index is 1.87. The quantitative estimate of drug-likeness (QED) is 0.705. The van der Waals surface area contributed by atoms with Gasteiger partial charge < -0.3 is 13.6 Å². The summed E-state index contributed by atoms with van der Waals surface area (Å²) in [6, 6.07) is 9.60. The van der Waals surface area contributed by atoms with Crippen molar-refractivity contribution in [2.75, 3.05) is 13.2 Å². The van der Waals surface area contributed by atoms with E-state index in [1.54, 1.807) is 0 Å². The number of para-hydroxylation sites is 1. The van der Waals surface area contributed by atoms with E-state index in [0.29, 0.717) is 5.92 Å². The fourth-order valence-corrected chi connectivity index (χ4v) is 2.31. The van der Waals surface area contributed by atoms with Crippen molar-refractivity contribution in [2.45, 2.75) is 6.92 Å². The van der Waals surface area contributed by atoms with Gasteiger partial charge in [0.05, 0.1) is 13.2 Å². The molecule has 0 spiro atoms. The van der Waals surface area contributed by atoms with Gasteiger partial charge in [-0.2, -0.15) is 0 Å². The lowest BCUT2D eigenvalue weighted by Gasteiger charge is -2.24. The van der Waals surface area contributed by atoms with E-state index < -0.39 is 8.60 Å². The number of hydrogen-bond donors (Lipinski definition) is 0. The van der Waals surface area contributed by atoms with Crippen molar-refractivity contribution in [3.63, 3.8) is 0 Å². The Labute approximate surface area is 85.0 Å². The molecule has 0 atom stereocenters. The second kappa shape index (κ2) is 4.74. The first-order valence-corrected chi connectivity index (χ1v) is 5.73. The van der Waals surface area contributed by atoms with Crippen molar-refractivity contribution in [2.24, 2.45) is 5.92 Å². The first-order chi connectivity index (χ1) is 6.84. The molecule has 1 heterocycles. The molecule has 0 N–H and O–H groups in total. The SMILES string of the molecule is CC1COP(Oc2ccccc2)OC1. The van der Waals surface area contributed by atoms with Gasteiger partial charge in [-0.25, -0.2) is 0 Å². The summed E-state index contributed by atoms with van der Waals surface area (Å²) < 4.78 is 16.4. The first kappa shape index (κ1) is 9.91. The van der Waals surface area contributed by atoms with Gasteiger partial charge in [0.25, 0.3) is 0 Å². The van der Waals surface area contributed by atoms with Crippen LogP contribution in [0, 0.1) is 5.92 Å². The zero-order valence-electron chi connectivity index (χ0n) is 8.05. The van der Waals surface area contributed by atoms with E-state index in [4.69, 9.17) is 13.6 Å². The predicted octanol–water partition coefficient (Wildman–Crippen LogP) is 2.98. The van der Waals surface area contributed by atoms with Crippen molar-refractivity contribution in [3.8, 4) is 5.75 Å². The normalized spacial score (nSPS) is 27.2. The maximum atomic E-state index is 5.52. The van der Waals surface area contributed by atoms with Crippen LogP contribution in [-0.2, 0) is 9.05 Å². The summed E-state index contributed by atoms with van der Waals surface area (Å²) in [5, 5.41) is 0. The Morgan fingerprint density at radius 1 is 1.21 bits per heavy atom. The van der Waals surface area contributed by atoms with Crippen LogP contribution in [0.4, 0.5) is 0 Å². The average Bonchev–Trinajstić information content (AvgIpc) is 2.23. The van der Waals surface area contributed by atoms with Crippen molar-refractivity contribution >= 4 is 8.60 Å². The molecule has 0 aromatic heterocycles. The highest BCUT2D eigenvalue weighted by molar-refractivity contribution is 7.42. The summed E-state index contributed by atoms with van der Waals surface area (Å²) in [5.41, 5.74) is 0. The lowest BCUT2D eigenvalue weighted by atomic mass is 10.2. The van der Waals surface area contributed by atoms with Gasteiger partial charge in [0.15, 0.2) is 0 Å². The van der Waals surface area contributed by atoms with E-state index in [1.807, 2.05) is 30.3 Å². The third kappa shape index (κ3) is 2.68. The van der Waals surface area contributed by atoms with Crippen molar-refractivity contribution < 1.29 is 13.6 Å². The minimum absolute atomic E-state index is 0.466. The summed E-state index contributed by atoms with van der Waals surface area (Å²) in [4.78, 5) is 0. The maximum absolute atomic E-state index is 5.52. The monoisotopic (exact) mass is 212 g/mol. The highest BCUT2D eigenvalue weighted by atomic mass is 31.2. The van der Waals surface area contributed by atoms with Crippen LogP contribution in [0.2, 0.25) is 0 Å². The summed E-state index contributed by atoms with van der Waals surface area (Å²) in [6.07, 6.45) is 0. The van der Waals surface area contributed by atoms with Crippen LogP contribution in [0.1, 0.15) is 6.92 Å². The van der Waals surface area contributed by atoms with Crippen LogP contribution in [0.3, 0.4) is 0 Å². The topological polar surface area (TPSA) is 27.7 Å². The molecule has 1 aromatic rings. The van der Waals surface area contributed by atoms with E-state index in [-0.39, 0.29) is 0 Å². The van der Waals surface area contributed by atoms with E-state index in [1.165, 1.54) is 0 Å². The zero-order valence-corrected chi connectivity index (χ0v) is 8.94. The third-order valence-corrected chi connectivity index (χ3v) is 2.93. The molecule has 1 aliphatic heterocycles. The molecule has 3 nitrogen and oxygen atoms in total. The Bertz CT molecular complexity index is 270. The van der Waals surface area contributed by atoms with Crippen molar-refractivity contribution in [1.82, 2.24) is 0 Å². The minimum atomic E-state index is -1.17. The molecule has 0 unspecified atom stereocenters. The predicted molar refractivity (Wildman–Crippen MR) is 55.1 cm³/mol. The van der Waals surface area contributed by atoms with E-state index in [2.05, 4.69) is 6.92 Å². The molecule has 0 saturated carbocycles. The highest BCUT2D eigenvalue weighted by Crippen LogP contribution is 2.43. The van der Waals surface area contributed by atoms with Crippen molar-refractivity contribution in [3.05, 3.63) is 30.3 Å². The molecule has 2 rings (SSSR count). The standard InChI is InChI=1S/C10H13O3P/c1-9-7-11-14(12-8-9)13-10-5-3-2-4-6-10/h2-6,9H,7-8H2,1H3. The lowest BCUT2D eigenvalue weighted by Crippen LogP contribution is -2.17. The molecular formula is C10H13O3P. The average molecular weight is 212 g/mol. The molecular weight excluding hydrogens is 199 g/mol. The van der Waals surface area contributed by atoms with Crippen LogP contribution >= 0.6 is 8.60 Å². The lowest BCUT2D eigenvalue weighted by molar-refractivity contribution is 0.103. The second-order valence-electron chi connectivity index (χ2n) is 3.32. The van der Waals surface area contributed by atoms with Gasteiger partial charge >= 0.3 is 8.60 Å². The fraction of sp³-hybridized carbons (Fsp3) is 0.400. The number of rotatable bonds is 2. The van der Waals surface area contributed by atoms with E-state index in [0.717, 1.165) is 19.0 Å². The summed E-state index contributed by atoms with van der Waals surface area (Å²) in [7, 11) is -1.17. The largest absolute Gasteiger partial charge is 0.427 e. The fourth-order valence-electron chi connectivity index (χ4n) is 1.08.